The van der Waals surface area contributed by atoms with E-state index in [-0.39, 0.29) is 12.4 Å². The average Bonchev–Trinajstić information content (AvgIpc) is 3.25. The van der Waals surface area contributed by atoms with E-state index in [1.54, 1.807) is 6.26 Å². The fourth-order valence-corrected chi connectivity index (χ4v) is 4.12. The highest BCUT2D eigenvalue weighted by atomic mass is 35.5. The van der Waals surface area contributed by atoms with Crippen LogP contribution >= 0.6 is 12.4 Å². The third-order valence-corrected chi connectivity index (χ3v) is 5.08. The van der Waals surface area contributed by atoms with Crippen LogP contribution < -0.4 is 0 Å². The van der Waals surface area contributed by atoms with Crippen LogP contribution in [0.2, 0.25) is 0 Å². The van der Waals surface area contributed by atoms with Gasteiger partial charge in [-0.1, -0.05) is 30.4 Å². The van der Waals surface area contributed by atoms with Crippen LogP contribution in [0.3, 0.4) is 0 Å². The third-order valence-electron chi connectivity index (χ3n) is 5.08. The van der Waals surface area contributed by atoms with E-state index in [0.717, 1.165) is 23.6 Å². The Labute approximate surface area is 142 Å². The Kier molecular flexibility index (Phi) is 3.50. The van der Waals surface area contributed by atoms with Gasteiger partial charge in [0.1, 0.15) is 5.69 Å². The number of hydrogen-bond acceptors (Lipinski definition) is 2. The smallest absolute Gasteiger partial charge is 0.152 e. The number of allylic oxidation sites excluding steroid dienone is 5. The van der Waals surface area contributed by atoms with Crippen LogP contribution in [0.4, 0.5) is 0 Å². The number of nitrogens with zero attached hydrogens (tertiary/aromatic N) is 1. The number of rotatable bonds is 1. The largest absolute Gasteiger partial charge is 0.463 e. The van der Waals surface area contributed by atoms with Crippen molar-refractivity contribution >= 4 is 18.5 Å². The van der Waals surface area contributed by atoms with Crippen LogP contribution in [0.15, 0.2) is 53.2 Å². The van der Waals surface area contributed by atoms with Crippen molar-refractivity contribution in [2.45, 2.75) is 25.2 Å². The highest BCUT2D eigenvalue weighted by Gasteiger charge is 2.32. The van der Waals surface area contributed by atoms with E-state index in [1.165, 1.54) is 29.5 Å². The van der Waals surface area contributed by atoms with E-state index >= 15 is 0 Å². The van der Waals surface area contributed by atoms with Crippen molar-refractivity contribution in [1.29, 1.82) is 0 Å². The maximum atomic E-state index is 5.63. The summed E-state index contributed by atoms with van der Waals surface area (Å²) in [5, 5.41) is 0. The van der Waals surface area contributed by atoms with Crippen LogP contribution in [-0.2, 0) is 12.8 Å². The number of furan rings is 1. The van der Waals surface area contributed by atoms with E-state index < -0.39 is 0 Å². The standard InChI is InChI=1S/C20H17NO.ClH/c1-2-6-14-13(5-1)10-11-17-19(14)15-7-3-8-16(15)20(21-17)18-9-4-12-22-18;/h1-2,4-6,9-14H,3,7-8H2;1H. The van der Waals surface area contributed by atoms with Crippen molar-refractivity contribution in [3.05, 3.63) is 71.2 Å². The fourth-order valence-electron chi connectivity index (χ4n) is 4.12. The minimum absolute atomic E-state index is 0. The van der Waals surface area contributed by atoms with Gasteiger partial charge < -0.3 is 4.42 Å². The molecule has 3 aliphatic rings. The fraction of sp³-hybridized carbons (Fsp3) is 0.250. The van der Waals surface area contributed by atoms with E-state index in [0.29, 0.717) is 11.8 Å². The number of aromatic nitrogens is 1. The van der Waals surface area contributed by atoms with Gasteiger partial charge in [0.25, 0.3) is 0 Å². The quantitative estimate of drug-likeness (QED) is 0.729. The maximum Gasteiger partial charge on any atom is 0.152 e. The molecule has 0 saturated heterocycles. The summed E-state index contributed by atoms with van der Waals surface area (Å²) >= 11 is 0. The molecule has 0 spiro atoms. The van der Waals surface area contributed by atoms with E-state index in [9.17, 15) is 0 Å². The zero-order valence-electron chi connectivity index (χ0n) is 12.7. The summed E-state index contributed by atoms with van der Waals surface area (Å²) in [6.07, 6.45) is 18.7. The average molecular weight is 324 g/mol. The van der Waals surface area contributed by atoms with Crippen LogP contribution in [0.25, 0.3) is 17.5 Å². The molecule has 116 valence electrons. The summed E-state index contributed by atoms with van der Waals surface area (Å²) in [5.41, 5.74) is 6.57. The van der Waals surface area contributed by atoms with Crippen molar-refractivity contribution in [3.63, 3.8) is 0 Å². The second kappa shape index (κ2) is 5.54. The molecular formula is C20H18ClNO. The molecule has 2 aromatic rings. The monoisotopic (exact) mass is 323 g/mol. The van der Waals surface area contributed by atoms with Gasteiger partial charge in [0.15, 0.2) is 5.76 Å². The van der Waals surface area contributed by atoms with Gasteiger partial charge >= 0.3 is 0 Å². The Balaban J connectivity index is 0.00000135. The molecule has 3 heteroatoms. The van der Waals surface area contributed by atoms with Gasteiger partial charge in [-0.25, -0.2) is 4.98 Å². The summed E-state index contributed by atoms with van der Waals surface area (Å²) in [5.74, 6) is 1.84. The zero-order chi connectivity index (χ0) is 14.5. The van der Waals surface area contributed by atoms with Gasteiger partial charge in [0.2, 0.25) is 0 Å². The second-order valence-electron chi connectivity index (χ2n) is 6.28. The first-order valence-electron chi connectivity index (χ1n) is 8.04. The Morgan fingerprint density at radius 3 is 2.78 bits per heavy atom. The van der Waals surface area contributed by atoms with Crippen molar-refractivity contribution in [2.75, 3.05) is 0 Å². The minimum Gasteiger partial charge on any atom is -0.463 e. The highest BCUT2D eigenvalue weighted by molar-refractivity contribution is 5.85. The molecule has 2 heterocycles. The molecule has 3 aliphatic carbocycles. The lowest BCUT2D eigenvalue weighted by molar-refractivity contribution is 0.578. The third kappa shape index (κ3) is 2.13. The number of hydrogen-bond donors (Lipinski definition) is 0. The molecule has 0 N–H and O–H groups in total. The predicted octanol–water partition coefficient (Wildman–Crippen LogP) is 5.10. The Hall–Kier alpha value is -2.06. The molecule has 0 aliphatic heterocycles. The van der Waals surface area contributed by atoms with E-state index in [4.69, 9.17) is 9.40 Å². The molecule has 5 rings (SSSR count). The Bertz CT molecular complexity index is 830. The lowest BCUT2D eigenvalue weighted by Gasteiger charge is -2.29. The van der Waals surface area contributed by atoms with Gasteiger partial charge in [0, 0.05) is 11.8 Å². The molecular weight excluding hydrogens is 306 g/mol. The van der Waals surface area contributed by atoms with Crippen LogP contribution in [0, 0.1) is 5.92 Å². The van der Waals surface area contributed by atoms with Crippen molar-refractivity contribution < 1.29 is 4.42 Å². The predicted molar refractivity (Wildman–Crippen MR) is 94.8 cm³/mol. The molecule has 2 aromatic heterocycles. The summed E-state index contributed by atoms with van der Waals surface area (Å²) in [6, 6.07) is 3.96. The SMILES string of the molecule is C1=CC2C=Cc3nc(-c4ccco4)c4c(c3C2C=C1)CCC4.Cl. The molecule has 0 fully saturated rings. The number of fused-ring (bicyclic) bond motifs is 5. The first-order valence-corrected chi connectivity index (χ1v) is 8.04. The summed E-state index contributed by atoms with van der Waals surface area (Å²) in [7, 11) is 0. The highest BCUT2D eigenvalue weighted by Crippen LogP contribution is 2.44. The molecule has 0 saturated carbocycles. The first kappa shape index (κ1) is 14.5. The minimum atomic E-state index is 0. The summed E-state index contributed by atoms with van der Waals surface area (Å²) in [6.45, 7) is 0. The maximum absolute atomic E-state index is 5.63. The van der Waals surface area contributed by atoms with E-state index in [1.807, 2.05) is 12.1 Å². The zero-order valence-corrected chi connectivity index (χ0v) is 13.6. The van der Waals surface area contributed by atoms with Gasteiger partial charge in [-0.3, -0.25) is 0 Å². The molecule has 0 amide bonds. The van der Waals surface area contributed by atoms with Crippen LogP contribution in [0.5, 0.6) is 0 Å². The summed E-state index contributed by atoms with van der Waals surface area (Å²) < 4.78 is 5.63. The van der Waals surface area contributed by atoms with Crippen molar-refractivity contribution in [3.8, 4) is 11.5 Å². The van der Waals surface area contributed by atoms with Crippen LogP contribution in [-0.4, -0.2) is 4.98 Å². The second-order valence-corrected chi connectivity index (χ2v) is 6.28. The van der Waals surface area contributed by atoms with Gasteiger partial charge in [0.05, 0.1) is 12.0 Å². The normalized spacial score (nSPS) is 23.1. The molecule has 2 unspecified atom stereocenters. The Morgan fingerprint density at radius 2 is 1.91 bits per heavy atom. The molecule has 2 atom stereocenters. The lowest BCUT2D eigenvalue weighted by Crippen LogP contribution is -2.17. The van der Waals surface area contributed by atoms with Crippen LogP contribution in [0.1, 0.15) is 34.7 Å². The number of pyridine rings is 1. The number of halogens is 1. The van der Waals surface area contributed by atoms with Gasteiger partial charge in [-0.2, -0.15) is 0 Å². The van der Waals surface area contributed by atoms with Crippen molar-refractivity contribution in [2.24, 2.45) is 5.92 Å². The van der Waals surface area contributed by atoms with Crippen molar-refractivity contribution in [1.82, 2.24) is 4.98 Å². The molecule has 0 radical (unpaired) electrons. The van der Waals surface area contributed by atoms with Gasteiger partial charge in [-0.15, -0.1) is 12.4 Å². The molecule has 0 bridgehead atoms. The topological polar surface area (TPSA) is 26.0 Å². The Morgan fingerprint density at radius 1 is 1.04 bits per heavy atom. The molecule has 0 aromatic carbocycles. The first-order chi connectivity index (χ1) is 10.9. The van der Waals surface area contributed by atoms with E-state index in [2.05, 4.69) is 36.5 Å². The molecule has 2 nitrogen and oxygen atoms in total. The lowest BCUT2D eigenvalue weighted by atomic mass is 9.76. The summed E-state index contributed by atoms with van der Waals surface area (Å²) in [4.78, 5) is 4.98. The molecule has 23 heavy (non-hydrogen) atoms. The van der Waals surface area contributed by atoms with Gasteiger partial charge in [-0.05, 0) is 54.2 Å².